The number of nitrogens with zero attached hydrogens (tertiary/aromatic N) is 1. The number of hydrogen-bond donors (Lipinski definition) is 0. The molecule has 0 unspecified atom stereocenters. The molecule has 1 aliphatic carbocycles. The molecule has 7 rings (SSSR count). The third kappa shape index (κ3) is 4.68. The minimum absolute atomic E-state index is 0.0766. The monoisotopic (exact) mass is 585 g/mol. The number of benzene rings is 6. The van der Waals surface area contributed by atoms with Crippen LogP contribution < -0.4 is 4.90 Å². The molecule has 6 aromatic rings. The lowest BCUT2D eigenvalue weighted by Gasteiger charge is -2.32. The first-order valence-corrected chi connectivity index (χ1v) is 16.2. The minimum Gasteiger partial charge on any atom is -0.309 e. The molecule has 1 nitrogen and oxygen atoms in total. The summed E-state index contributed by atoms with van der Waals surface area (Å²) in [6.07, 6.45) is 0. The van der Waals surface area contributed by atoms with Crippen molar-refractivity contribution in [3.8, 4) is 22.3 Å². The van der Waals surface area contributed by atoms with E-state index in [1.807, 2.05) is 0 Å². The Hall–Kier alpha value is -4.62. The molecule has 0 aliphatic heterocycles. The van der Waals surface area contributed by atoms with Crippen molar-refractivity contribution in [2.75, 3.05) is 4.90 Å². The van der Waals surface area contributed by atoms with Crippen molar-refractivity contribution in [1.82, 2.24) is 0 Å². The Labute approximate surface area is 269 Å². The average molecular weight is 586 g/mol. The zero-order chi connectivity index (χ0) is 31.7. The molecular formula is C44H43N. The number of fused-ring (bicyclic) bond motifs is 5. The third-order valence-corrected chi connectivity index (χ3v) is 9.95. The fourth-order valence-electron chi connectivity index (χ4n) is 7.42. The molecule has 0 bridgehead atoms. The van der Waals surface area contributed by atoms with Gasteiger partial charge in [0, 0.05) is 22.1 Å². The molecule has 0 spiro atoms. The highest BCUT2D eigenvalue weighted by atomic mass is 15.1. The van der Waals surface area contributed by atoms with Crippen LogP contribution in [0.4, 0.5) is 17.1 Å². The maximum atomic E-state index is 2.52. The van der Waals surface area contributed by atoms with Crippen molar-refractivity contribution in [2.24, 2.45) is 0 Å². The van der Waals surface area contributed by atoms with Crippen LogP contribution in [0.25, 0.3) is 33.0 Å². The van der Waals surface area contributed by atoms with Gasteiger partial charge in [-0.25, -0.2) is 0 Å². The lowest BCUT2D eigenvalue weighted by atomic mass is 9.81. The average Bonchev–Trinajstić information content (AvgIpc) is 3.23. The number of aryl methyl sites for hydroxylation is 3. The first kappa shape index (κ1) is 29.1. The fraction of sp³-hybridized carbons (Fsp3) is 0.227. The molecule has 0 aromatic heterocycles. The van der Waals surface area contributed by atoms with Gasteiger partial charge in [0.2, 0.25) is 0 Å². The van der Waals surface area contributed by atoms with E-state index in [4.69, 9.17) is 0 Å². The summed E-state index contributed by atoms with van der Waals surface area (Å²) in [6.45, 7) is 18.3. The molecule has 0 atom stereocenters. The smallest absolute Gasteiger partial charge is 0.0543 e. The van der Waals surface area contributed by atoms with Crippen LogP contribution >= 0.6 is 0 Å². The normalized spacial score (nSPS) is 13.5. The highest BCUT2D eigenvalue weighted by Crippen LogP contribution is 2.55. The second-order valence-electron chi connectivity index (χ2n) is 14.5. The largest absolute Gasteiger partial charge is 0.309 e. The van der Waals surface area contributed by atoms with Crippen LogP contribution in [0.5, 0.6) is 0 Å². The molecule has 1 heteroatoms. The van der Waals surface area contributed by atoms with Crippen molar-refractivity contribution in [1.29, 1.82) is 0 Å². The second kappa shape index (κ2) is 10.5. The highest BCUT2D eigenvalue weighted by molar-refractivity contribution is 6.10. The first-order valence-electron chi connectivity index (χ1n) is 16.2. The van der Waals surface area contributed by atoms with E-state index >= 15 is 0 Å². The van der Waals surface area contributed by atoms with Crippen molar-refractivity contribution >= 4 is 27.8 Å². The first-order chi connectivity index (χ1) is 21.5. The Morgan fingerprint density at radius 2 is 1.20 bits per heavy atom. The summed E-state index contributed by atoms with van der Waals surface area (Å²) >= 11 is 0. The molecule has 6 aromatic carbocycles. The maximum Gasteiger partial charge on any atom is 0.0543 e. The summed E-state index contributed by atoms with van der Waals surface area (Å²) in [5.41, 5.74) is 16.8. The van der Waals surface area contributed by atoms with Gasteiger partial charge in [0.05, 0.1) is 11.4 Å². The summed E-state index contributed by atoms with van der Waals surface area (Å²) in [6, 6.07) is 43.3. The fourth-order valence-corrected chi connectivity index (χ4v) is 7.42. The van der Waals surface area contributed by atoms with E-state index < -0.39 is 0 Å². The van der Waals surface area contributed by atoms with Gasteiger partial charge in [-0.3, -0.25) is 0 Å². The van der Waals surface area contributed by atoms with Crippen LogP contribution in [0.3, 0.4) is 0 Å². The lowest BCUT2D eigenvalue weighted by Crippen LogP contribution is -2.18. The van der Waals surface area contributed by atoms with Gasteiger partial charge in [-0.1, -0.05) is 131 Å². The van der Waals surface area contributed by atoms with E-state index in [9.17, 15) is 0 Å². The third-order valence-electron chi connectivity index (χ3n) is 9.95. The Bertz CT molecular complexity index is 2090. The van der Waals surface area contributed by atoms with Gasteiger partial charge in [0.1, 0.15) is 0 Å². The van der Waals surface area contributed by atoms with E-state index in [1.54, 1.807) is 0 Å². The second-order valence-corrected chi connectivity index (χ2v) is 14.5. The van der Waals surface area contributed by atoms with E-state index in [-0.39, 0.29) is 10.8 Å². The van der Waals surface area contributed by atoms with Crippen LogP contribution in [0.2, 0.25) is 0 Å². The molecule has 224 valence electrons. The van der Waals surface area contributed by atoms with Gasteiger partial charge in [-0.05, 0) is 100 Å². The minimum atomic E-state index is -0.122. The molecular weight excluding hydrogens is 542 g/mol. The SMILES string of the molecule is Cc1ccc2c(c1)C(C)(C)c1cc(N(c3ccc(C(C)(C)C)cc3)c3cccc(C)c3-c3ccccc3C)c3ccccc3c1-2. The van der Waals surface area contributed by atoms with E-state index in [2.05, 4.69) is 176 Å². The van der Waals surface area contributed by atoms with Gasteiger partial charge in [-0.2, -0.15) is 0 Å². The zero-order valence-corrected chi connectivity index (χ0v) is 27.9. The Morgan fingerprint density at radius 3 is 1.91 bits per heavy atom. The van der Waals surface area contributed by atoms with Crippen molar-refractivity contribution < 1.29 is 0 Å². The van der Waals surface area contributed by atoms with Gasteiger partial charge >= 0.3 is 0 Å². The summed E-state index contributed by atoms with van der Waals surface area (Å²) in [5.74, 6) is 0. The highest BCUT2D eigenvalue weighted by Gasteiger charge is 2.38. The van der Waals surface area contributed by atoms with Crippen molar-refractivity contribution in [3.63, 3.8) is 0 Å². The summed E-state index contributed by atoms with van der Waals surface area (Å²) in [7, 11) is 0. The Kier molecular flexibility index (Phi) is 6.78. The Balaban J connectivity index is 1.58. The molecule has 0 radical (unpaired) electrons. The molecule has 45 heavy (non-hydrogen) atoms. The van der Waals surface area contributed by atoms with Gasteiger partial charge < -0.3 is 4.90 Å². The Morgan fingerprint density at radius 1 is 0.533 bits per heavy atom. The quantitative estimate of drug-likeness (QED) is 0.199. The van der Waals surface area contributed by atoms with Crippen LogP contribution in [0.1, 0.15) is 68.0 Å². The van der Waals surface area contributed by atoms with Crippen LogP contribution in [0.15, 0.2) is 115 Å². The van der Waals surface area contributed by atoms with E-state index in [1.165, 1.54) is 77.8 Å². The van der Waals surface area contributed by atoms with Crippen molar-refractivity contribution in [3.05, 3.63) is 149 Å². The molecule has 0 amide bonds. The van der Waals surface area contributed by atoms with Crippen LogP contribution in [0, 0.1) is 20.8 Å². The molecule has 1 aliphatic rings. The molecule has 0 N–H and O–H groups in total. The zero-order valence-electron chi connectivity index (χ0n) is 27.9. The topological polar surface area (TPSA) is 3.24 Å². The standard InChI is InChI=1S/C44H43N/c1-28-20-25-36-37(26-28)44(7,8)38-27-40(34-17-11-12-18-35(34)42(36)38)45(32-23-21-31(22-24-32)43(4,5)6)39-19-13-15-30(3)41(39)33-16-10-9-14-29(33)2/h9-27H,1-8H3. The van der Waals surface area contributed by atoms with Crippen LogP contribution in [-0.4, -0.2) is 0 Å². The predicted molar refractivity (Wildman–Crippen MR) is 195 cm³/mol. The number of hydrogen-bond acceptors (Lipinski definition) is 1. The lowest BCUT2D eigenvalue weighted by molar-refractivity contribution is 0.590. The molecule has 0 heterocycles. The molecule has 0 saturated carbocycles. The van der Waals surface area contributed by atoms with Gasteiger partial charge in [-0.15, -0.1) is 0 Å². The maximum absolute atomic E-state index is 2.52. The van der Waals surface area contributed by atoms with Gasteiger partial charge in [0.15, 0.2) is 0 Å². The van der Waals surface area contributed by atoms with Crippen molar-refractivity contribution in [2.45, 2.75) is 66.2 Å². The summed E-state index contributed by atoms with van der Waals surface area (Å²) in [4.78, 5) is 2.52. The van der Waals surface area contributed by atoms with E-state index in [0.29, 0.717) is 0 Å². The predicted octanol–water partition coefficient (Wildman–Crippen LogP) is 12.5. The molecule has 0 fully saturated rings. The van der Waals surface area contributed by atoms with Gasteiger partial charge in [0.25, 0.3) is 0 Å². The summed E-state index contributed by atoms with van der Waals surface area (Å²) in [5, 5.41) is 2.57. The molecule has 0 saturated heterocycles. The number of rotatable bonds is 4. The summed E-state index contributed by atoms with van der Waals surface area (Å²) < 4.78 is 0. The van der Waals surface area contributed by atoms with E-state index in [0.717, 1.165) is 5.69 Å². The number of anilines is 3. The van der Waals surface area contributed by atoms with Crippen LogP contribution in [-0.2, 0) is 10.8 Å².